The van der Waals surface area contributed by atoms with E-state index in [4.69, 9.17) is 11.6 Å². The molecule has 1 unspecified atom stereocenters. The number of fused-ring (bicyclic) bond motifs is 1. The lowest BCUT2D eigenvalue weighted by molar-refractivity contribution is -0.116. The van der Waals surface area contributed by atoms with Crippen molar-refractivity contribution in [3.8, 4) is 0 Å². The molecule has 0 aliphatic rings. The van der Waals surface area contributed by atoms with Crippen LogP contribution >= 0.6 is 11.6 Å². The Bertz CT molecular complexity index is 1290. The molecule has 2 N–H and O–H groups in total. The van der Waals surface area contributed by atoms with Gasteiger partial charge >= 0.3 is 0 Å². The Hall–Kier alpha value is -3.71. The number of amides is 2. The van der Waals surface area contributed by atoms with E-state index in [0.717, 1.165) is 22.3 Å². The first-order valence-corrected chi connectivity index (χ1v) is 10.5. The lowest BCUT2D eigenvalue weighted by Crippen LogP contribution is -2.31. The van der Waals surface area contributed by atoms with E-state index in [1.54, 1.807) is 35.1 Å². The van der Waals surface area contributed by atoms with E-state index < -0.39 is 6.04 Å². The lowest BCUT2D eigenvalue weighted by atomic mass is 10.0. The van der Waals surface area contributed by atoms with Gasteiger partial charge in [-0.05, 0) is 30.7 Å². The van der Waals surface area contributed by atoms with Gasteiger partial charge in [-0.25, -0.2) is 4.98 Å². The van der Waals surface area contributed by atoms with E-state index in [-0.39, 0.29) is 18.2 Å². The predicted molar refractivity (Wildman–Crippen MR) is 125 cm³/mol. The van der Waals surface area contributed by atoms with Crippen LogP contribution in [0.25, 0.3) is 11.0 Å². The minimum absolute atomic E-state index is 0.0459. The minimum Gasteiger partial charge on any atom is -0.345 e. The highest BCUT2D eigenvalue weighted by Crippen LogP contribution is 2.23. The SMILES string of the molecule is Cc1nn(C)c2ncc(NC(=O)CC(NC(=O)c3ccccc3Cl)c3ccccc3)cc12. The number of aryl methyl sites for hydroxylation is 2. The highest BCUT2D eigenvalue weighted by molar-refractivity contribution is 6.33. The van der Waals surface area contributed by atoms with Gasteiger partial charge in [0.15, 0.2) is 5.65 Å². The molecule has 4 rings (SSSR count). The molecule has 162 valence electrons. The summed E-state index contributed by atoms with van der Waals surface area (Å²) in [5, 5.41) is 11.4. The van der Waals surface area contributed by atoms with Crippen molar-refractivity contribution >= 4 is 40.1 Å². The Labute approximate surface area is 190 Å². The number of nitrogens with zero attached hydrogens (tertiary/aromatic N) is 3. The number of halogens is 1. The van der Waals surface area contributed by atoms with Crippen LogP contribution in [0.4, 0.5) is 5.69 Å². The summed E-state index contributed by atoms with van der Waals surface area (Å²) in [6.07, 6.45) is 1.64. The molecule has 0 bridgehead atoms. The molecule has 0 aliphatic heterocycles. The van der Waals surface area contributed by atoms with E-state index in [1.807, 2.05) is 50.4 Å². The number of carbonyl (C=O) groups excluding carboxylic acids is 2. The van der Waals surface area contributed by atoms with Gasteiger partial charge in [0.2, 0.25) is 5.91 Å². The van der Waals surface area contributed by atoms with Crippen LogP contribution in [-0.2, 0) is 11.8 Å². The van der Waals surface area contributed by atoms with Crippen LogP contribution in [0.3, 0.4) is 0 Å². The zero-order chi connectivity index (χ0) is 22.7. The number of rotatable bonds is 6. The number of pyridine rings is 1. The predicted octanol–water partition coefficient (Wildman–Crippen LogP) is 4.43. The largest absolute Gasteiger partial charge is 0.345 e. The van der Waals surface area contributed by atoms with Crippen LogP contribution in [-0.4, -0.2) is 26.6 Å². The molecule has 2 heterocycles. The molecule has 2 aromatic heterocycles. The van der Waals surface area contributed by atoms with E-state index in [1.165, 1.54) is 0 Å². The van der Waals surface area contributed by atoms with Gasteiger partial charge in [0.05, 0.1) is 40.6 Å². The molecule has 0 saturated carbocycles. The van der Waals surface area contributed by atoms with E-state index in [9.17, 15) is 9.59 Å². The normalized spacial score (nSPS) is 11.8. The number of nitrogens with one attached hydrogen (secondary N) is 2. The van der Waals surface area contributed by atoms with Crippen LogP contribution in [0.15, 0.2) is 66.9 Å². The van der Waals surface area contributed by atoms with Gasteiger partial charge in [0.25, 0.3) is 5.91 Å². The first kappa shape index (κ1) is 21.5. The third kappa shape index (κ3) is 4.63. The minimum atomic E-state index is -0.531. The van der Waals surface area contributed by atoms with Gasteiger partial charge in [-0.3, -0.25) is 14.3 Å². The third-order valence-corrected chi connectivity index (χ3v) is 5.49. The fraction of sp³-hybridized carbons (Fsp3) is 0.167. The Morgan fingerprint density at radius 1 is 1.09 bits per heavy atom. The molecule has 7 nitrogen and oxygen atoms in total. The van der Waals surface area contributed by atoms with Gasteiger partial charge in [-0.15, -0.1) is 0 Å². The number of hydrogen-bond acceptors (Lipinski definition) is 4. The summed E-state index contributed by atoms with van der Waals surface area (Å²) in [5.74, 6) is -0.590. The average molecular weight is 448 g/mol. The standard InChI is InChI=1S/C24H22ClN5O2/c1-15-19-12-17(14-26-23(19)30(2)29-15)27-22(31)13-21(16-8-4-3-5-9-16)28-24(32)18-10-6-7-11-20(18)25/h3-12,14,21H,13H2,1-2H3,(H,27,31)(H,28,32). The zero-order valence-electron chi connectivity index (χ0n) is 17.7. The molecular weight excluding hydrogens is 426 g/mol. The molecular formula is C24H22ClN5O2. The van der Waals surface area contributed by atoms with Gasteiger partial charge in [-0.1, -0.05) is 54.1 Å². The molecule has 1 atom stereocenters. The summed E-state index contributed by atoms with van der Waals surface area (Å²) in [5.41, 5.74) is 3.33. The van der Waals surface area contributed by atoms with Crippen LogP contribution in [0, 0.1) is 6.92 Å². The second-order valence-electron chi connectivity index (χ2n) is 7.47. The monoisotopic (exact) mass is 447 g/mol. The Morgan fingerprint density at radius 3 is 2.56 bits per heavy atom. The Morgan fingerprint density at radius 2 is 1.81 bits per heavy atom. The fourth-order valence-corrected chi connectivity index (χ4v) is 3.81. The molecule has 0 spiro atoms. The summed E-state index contributed by atoms with van der Waals surface area (Å²) < 4.78 is 1.70. The average Bonchev–Trinajstić information content (AvgIpc) is 3.07. The van der Waals surface area contributed by atoms with Gasteiger partial charge in [0.1, 0.15) is 0 Å². The van der Waals surface area contributed by atoms with Crippen molar-refractivity contribution in [3.63, 3.8) is 0 Å². The maximum atomic E-state index is 12.9. The number of anilines is 1. The maximum Gasteiger partial charge on any atom is 0.253 e. The van der Waals surface area contributed by atoms with Gasteiger partial charge in [0, 0.05) is 12.4 Å². The first-order valence-electron chi connectivity index (χ1n) is 10.1. The highest BCUT2D eigenvalue weighted by atomic mass is 35.5. The topological polar surface area (TPSA) is 88.9 Å². The number of hydrogen-bond donors (Lipinski definition) is 2. The zero-order valence-corrected chi connectivity index (χ0v) is 18.4. The third-order valence-electron chi connectivity index (χ3n) is 5.16. The van der Waals surface area contributed by atoms with Crippen molar-refractivity contribution in [3.05, 3.63) is 88.7 Å². The van der Waals surface area contributed by atoms with Crippen molar-refractivity contribution in [2.24, 2.45) is 7.05 Å². The molecule has 2 amide bonds. The number of carbonyl (C=O) groups is 2. The summed E-state index contributed by atoms with van der Waals surface area (Å²) in [4.78, 5) is 30.1. The summed E-state index contributed by atoms with van der Waals surface area (Å²) in [6, 6.07) is 17.5. The van der Waals surface area contributed by atoms with Crippen LogP contribution < -0.4 is 10.6 Å². The highest BCUT2D eigenvalue weighted by Gasteiger charge is 2.21. The summed E-state index contributed by atoms with van der Waals surface area (Å²) >= 11 is 6.17. The van der Waals surface area contributed by atoms with E-state index in [0.29, 0.717) is 16.3 Å². The van der Waals surface area contributed by atoms with Crippen molar-refractivity contribution in [2.45, 2.75) is 19.4 Å². The van der Waals surface area contributed by atoms with Crippen molar-refractivity contribution in [2.75, 3.05) is 5.32 Å². The van der Waals surface area contributed by atoms with Gasteiger partial charge in [-0.2, -0.15) is 5.10 Å². The molecule has 32 heavy (non-hydrogen) atoms. The first-order chi connectivity index (χ1) is 15.4. The quantitative estimate of drug-likeness (QED) is 0.457. The Balaban J connectivity index is 1.53. The maximum absolute atomic E-state index is 12.9. The van der Waals surface area contributed by atoms with Gasteiger partial charge < -0.3 is 10.6 Å². The fourth-order valence-electron chi connectivity index (χ4n) is 3.59. The van der Waals surface area contributed by atoms with E-state index in [2.05, 4.69) is 20.7 Å². The number of aromatic nitrogens is 3. The Kier molecular flexibility index (Phi) is 6.18. The van der Waals surface area contributed by atoms with E-state index >= 15 is 0 Å². The number of benzene rings is 2. The van der Waals surface area contributed by atoms with Crippen LogP contribution in [0.5, 0.6) is 0 Å². The molecule has 2 aromatic carbocycles. The molecule has 8 heteroatoms. The smallest absolute Gasteiger partial charge is 0.253 e. The molecule has 0 fully saturated rings. The second-order valence-corrected chi connectivity index (χ2v) is 7.88. The van der Waals surface area contributed by atoms with Crippen molar-refractivity contribution in [1.82, 2.24) is 20.1 Å². The van der Waals surface area contributed by atoms with Crippen LogP contribution in [0.1, 0.15) is 34.1 Å². The van der Waals surface area contributed by atoms with Crippen molar-refractivity contribution in [1.29, 1.82) is 0 Å². The van der Waals surface area contributed by atoms with Crippen molar-refractivity contribution < 1.29 is 9.59 Å². The molecule has 0 aliphatic carbocycles. The second kappa shape index (κ2) is 9.20. The molecule has 0 radical (unpaired) electrons. The summed E-state index contributed by atoms with van der Waals surface area (Å²) in [6.45, 7) is 1.89. The lowest BCUT2D eigenvalue weighted by Gasteiger charge is -2.19. The summed E-state index contributed by atoms with van der Waals surface area (Å²) in [7, 11) is 1.83. The molecule has 0 saturated heterocycles. The molecule has 4 aromatic rings. The van der Waals surface area contributed by atoms with Crippen LogP contribution in [0.2, 0.25) is 5.02 Å².